The van der Waals surface area contributed by atoms with E-state index in [9.17, 15) is 22.7 Å². The van der Waals surface area contributed by atoms with Crippen molar-refractivity contribution in [3.05, 3.63) is 41.7 Å². The van der Waals surface area contributed by atoms with Gasteiger partial charge in [0.15, 0.2) is 5.13 Å². The normalized spacial score (nSPS) is 13.0. The first kappa shape index (κ1) is 25.1. The Morgan fingerprint density at radius 3 is 2.69 bits per heavy atom. The molecule has 2 aromatic carbocycles. The molecule has 0 saturated heterocycles. The first-order valence-corrected chi connectivity index (χ1v) is 11.2. The van der Waals surface area contributed by atoms with E-state index in [0.717, 1.165) is 11.3 Å². The van der Waals surface area contributed by atoms with E-state index in [4.69, 9.17) is 9.84 Å². The number of alkyl halides is 3. The van der Waals surface area contributed by atoms with Gasteiger partial charge >= 0.3 is 6.36 Å². The highest BCUT2D eigenvalue weighted by molar-refractivity contribution is 7.22. The largest absolute Gasteiger partial charge is 0.573 e. The number of nitrogens with zero attached hydrogens (tertiary/aromatic N) is 3. The number of hydrogen-bond acceptors (Lipinski definition) is 9. The molecular weight excluding hydrogens is 494 g/mol. The number of anilines is 2. The molecule has 0 radical (unpaired) electrons. The summed E-state index contributed by atoms with van der Waals surface area (Å²) in [4.78, 5) is 8.78. The fourth-order valence-electron chi connectivity index (χ4n) is 3.35. The fraction of sp³-hybridized carbons (Fsp3) is 0.333. The maximum absolute atomic E-state index is 14.7. The third kappa shape index (κ3) is 5.97. The highest BCUT2D eigenvalue weighted by Gasteiger charge is 2.31. The van der Waals surface area contributed by atoms with Crippen molar-refractivity contribution in [3.8, 4) is 5.75 Å². The van der Waals surface area contributed by atoms with E-state index in [0.29, 0.717) is 32.3 Å². The smallest absolute Gasteiger partial charge is 0.406 e. The molecule has 0 aliphatic carbocycles. The molecular formula is C21H21F4N5O4S. The van der Waals surface area contributed by atoms with Gasteiger partial charge in [0.1, 0.15) is 17.8 Å². The summed E-state index contributed by atoms with van der Waals surface area (Å²) in [5.41, 5.74) is 1.33. The number of rotatable bonds is 10. The van der Waals surface area contributed by atoms with Gasteiger partial charge in [-0.05, 0) is 18.2 Å². The second kappa shape index (κ2) is 10.3. The second-order valence-corrected chi connectivity index (χ2v) is 8.40. The minimum Gasteiger partial charge on any atom is -0.406 e. The van der Waals surface area contributed by atoms with Crippen LogP contribution in [0, 0.1) is 5.82 Å². The highest BCUT2D eigenvalue weighted by atomic mass is 32.1. The van der Waals surface area contributed by atoms with E-state index < -0.39 is 18.4 Å². The minimum absolute atomic E-state index is 0.00138. The van der Waals surface area contributed by atoms with Crippen LogP contribution in [0.1, 0.15) is 11.8 Å². The topological polar surface area (TPSA) is 114 Å². The molecule has 4 N–H and O–H groups in total. The minimum atomic E-state index is -4.79. The van der Waals surface area contributed by atoms with Gasteiger partial charge in [-0.15, -0.1) is 13.2 Å². The Labute approximate surface area is 199 Å². The summed E-state index contributed by atoms with van der Waals surface area (Å²) >= 11 is 1.10. The van der Waals surface area contributed by atoms with Crippen LogP contribution in [-0.2, 0) is 11.8 Å². The van der Waals surface area contributed by atoms with Gasteiger partial charge in [0.2, 0.25) is 5.95 Å². The van der Waals surface area contributed by atoms with Crippen molar-refractivity contribution < 1.29 is 37.2 Å². The predicted molar refractivity (Wildman–Crippen MR) is 121 cm³/mol. The number of halogens is 4. The highest BCUT2D eigenvalue weighted by Crippen LogP contribution is 2.33. The van der Waals surface area contributed by atoms with E-state index in [-0.39, 0.29) is 37.7 Å². The van der Waals surface area contributed by atoms with Crippen molar-refractivity contribution in [3.63, 3.8) is 0 Å². The summed E-state index contributed by atoms with van der Waals surface area (Å²) in [5, 5.41) is 25.1. The maximum Gasteiger partial charge on any atom is 0.573 e. The number of thiazole rings is 1. The fourth-order valence-corrected chi connectivity index (χ4v) is 4.23. The van der Waals surface area contributed by atoms with Crippen LogP contribution in [0.5, 0.6) is 5.75 Å². The number of aryl methyl sites for hydroxylation is 1. The van der Waals surface area contributed by atoms with Crippen molar-refractivity contribution in [2.45, 2.75) is 12.6 Å². The van der Waals surface area contributed by atoms with Crippen LogP contribution < -0.4 is 15.4 Å². The van der Waals surface area contributed by atoms with Gasteiger partial charge in [0, 0.05) is 31.3 Å². The number of ether oxygens (including phenoxy) is 2. The average Bonchev–Trinajstić information content (AvgIpc) is 3.32. The maximum atomic E-state index is 14.7. The SMILES string of the molecule is Cn1c(Nc2nc3ccc(OC(F)(F)F)cc3s2)nc2cc(C(O)NCCOCCO)c(F)cc21. The number of hydrogen-bond donors (Lipinski definition) is 4. The lowest BCUT2D eigenvalue weighted by molar-refractivity contribution is -0.274. The number of aromatic nitrogens is 3. The molecule has 0 saturated carbocycles. The van der Waals surface area contributed by atoms with E-state index in [1.165, 1.54) is 30.3 Å². The molecule has 0 aliphatic rings. The van der Waals surface area contributed by atoms with Crippen LogP contribution in [0.15, 0.2) is 30.3 Å². The van der Waals surface area contributed by atoms with E-state index in [2.05, 4.69) is 25.3 Å². The number of benzene rings is 2. The van der Waals surface area contributed by atoms with Crippen molar-refractivity contribution in [2.24, 2.45) is 7.05 Å². The van der Waals surface area contributed by atoms with Crippen molar-refractivity contribution >= 4 is 43.7 Å². The third-order valence-corrected chi connectivity index (χ3v) is 5.86. The zero-order chi connectivity index (χ0) is 25.2. The molecule has 4 rings (SSSR count). The number of fused-ring (bicyclic) bond motifs is 2. The lowest BCUT2D eigenvalue weighted by Crippen LogP contribution is -2.26. The summed E-state index contributed by atoms with van der Waals surface area (Å²) in [6.07, 6.45) is -6.09. The zero-order valence-corrected chi connectivity index (χ0v) is 19.1. The van der Waals surface area contributed by atoms with Gasteiger partial charge in [-0.1, -0.05) is 11.3 Å². The number of aliphatic hydroxyl groups excluding tert-OH is 2. The third-order valence-electron chi connectivity index (χ3n) is 4.93. The molecule has 0 bridgehead atoms. The summed E-state index contributed by atoms with van der Waals surface area (Å²) in [7, 11) is 1.66. The lowest BCUT2D eigenvalue weighted by Gasteiger charge is -2.14. The van der Waals surface area contributed by atoms with Gasteiger partial charge in [-0.3, -0.25) is 5.32 Å². The van der Waals surface area contributed by atoms with Crippen LogP contribution >= 0.6 is 11.3 Å². The molecule has 1 unspecified atom stereocenters. The van der Waals surface area contributed by atoms with Gasteiger partial charge in [-0.2, -0.15) is 0 Å². The Morgan fingerprint density at radius 2 is 1.94 bits per heavy atom. The molecule has 0 fully saturated rings. The monoisotopic (exact) mass is 515 g/mol. The summed E-state index contributed by atoms with van der Waals surface area (Å²) in [6, 6.07) is 6.50. The molecule has 4 aromatic rings. The molecule has 188 valence electrons. The van der Waals surface area contributed by atoms with Crippen LogP contribution in [-0.4, -0.2) is 57.5 Å². The quantitative estimate of drug-likeness (QED) is 0.144. The molecule has 9 nitrogen and oxygen atoms in total. The van der Waals surface area contributed by atoms with Crippen LogP contribution in [0.4, 0.5) is 28.6 Å². The molecule has 35 heavy (non-hydrogen) atoms. The summed E-state index contributed by atoms with van der Waals surface area (Å²) < 4.78 is 63.2. The number of nitrogens with one attached hydrogen (secondary N) is 2. The number of imidazole rings is 1. The Balaban J connectivity index is 1.53. The lowest BCUT2D eigenvalue weighted by atomic mass is 10.1. The Bertz CT molecular complexity index is 1330. The predicted octanol–water partition coefficient (Wildman–Crippen LogP) is 3.55. The Hall–Kier alpha value is -3.04. The van der Waals surface area contributed by atoms with Crippen molar-refractivity contribution in [1.29, 1.82) is 0 Å². The second-order valence-electron chi connectivity index (χ2n) is 7.37. The van der Waals surface area contributed by atoms with E-state index in [1.807, 2.05) is 0 Å². The first-order valence-electron chi connectivity index (χ1n) is 10.3. The first-order chi connectivity index (χ1) is 16.6. The van der Waals surface area contributed by atoms with Crippen LogP contribution in [0.25, 0.3) is 21.3 Å². The van der Waals surface area contributed by atoms with Gasteiger partial charge in [0.05, 0.1) is 41.1 Å². The van der Waals surface area contributed by atoms with Gasteiger partial charge in [0.25, 0.3) is 0 Å². The van der Waals surface area contributed by atoms with Gasteiger partial charge < -0.3 is 29.6 Å². The molecule has 0 aliphatic heterocycles. The molecule has 2 aromatic heterocycles. The molecule has 0 spiro atoms. The van der Waals surface area contributed by atoms with E-state index in [1.54, 1.807) is 11.6 Å². The summed E-state index contributed by atoms with van der Waals surface area (Å²) in [6.45, 7) is 0.513. The van der Waals surface area contributed by atoms with Gasteiger partial charge in [-0.25, -0.2) is 14.4 Å². The molecule has 0 amide bonds. The average molecular weight is 515 g/mol. The zero-order valence-electron chi connectivity index (χ0n) is 18.3. The molecule has 2 heterocycles. The standard InChI is InChI=1S/C21H21F4N5O4S/c1-30-16-10-13(22)12(18(32)26-4-6-33-7-5-31)9-15(16)27-19(30)29-20-28-14-3-2-11(8-17(14)35-20)34-21(23,24)25/h2-3,8-10,18,26,31-32H,4-7H2,1H3,(H,27,28,29). The van der Waals surface area contributed by atoms with Crippen LogP contribution in [0.3, 0.4) is 0 Å². The Morgan fingerprint density at radius 1 is 1.14 bits per heavy atom. The number of aliphatic hydroxyl groups is 2. The molecule has 14 heteroatoms. The van der Waals surface area contributed by atoms with Crippen molar-refractivity contribution in [2.75, 3.05) is 31.7 Å². The molecule has 1 atom stereocenters. The Kier molecular flexibility index (Phi) is 7.37. The summed E-state index contributed by atoms with van der Waals surface area (Å²) in [5.74, 6) is -0.666. The van der Waals surface area contributed by atoms with Crippen LogP contribution in [0.2, 0.25) is 0 Å². The van der Waals surface area contributed by atoms with E-state index >= 15 is 0 Å². The van der Waals surface area contributed by atoms with Crippen molar-refractivity contribution in [1.82, 2.24) is 19.9 Å².